The van der Waals surface area contributed by atoms with Gasteiger partial charge in [-0.2, -0.15) is 0 Å². The quantitative estimate of drug-likeness (QED) is 0.474. The van der Waals surface area contributed by atoms with Crippen LogP contribution in [-0.2, 0) is 14.6 Å². The number of ether oxygens (including phenoxy) is 2. The fourth-order valence-corrected chi connectivity index (χ4v) is 5.65. The maximum atomic E-state index is 13.7. The van der Waals surface area contributed by atoms with Gasteiger partial charge in [0.05, 0.1) is 14.2 Å². The first-order valence-corrected chi connectivity index (χ1v) is 11.7. The molecular weight excluding hydrogens is 469 g/mol. The highest BCUT2D eigenvalue weighted by Crippen LogP contribution is 2.44. The Morgan fingerprint density at radius 1 is 0.970 bits per heavy atom. The lowest BCUT2D eigenvalue weighted by Crippen LogP contribution is -2.28. The van der Waals surface area contributed by atoms with Crippen LogP contribution in [0, 0.1) is 5.82 Å². The van der Waals surface area contributed by atoms with Crippen molar-refractivity contribution in [3.05, 3.63) is 93.6 Å². The zero-order chi connectivity index (χ0) is 23.8. The third kappa shape index (κ3) is 4.19. The van der Waals surface area contributed by atoms with Gasteiger partial charge in [0.25, 0.3) is 5.91 Å². The molecule has 1 aliphatic rings. The number of sulfone groups is 1. The minimum Gasteiger partial charge on any atom is -0.497 e. The first kappa shape index (κ1) is 22.8. The highest BCUT2D eigenvalue weighted by atomic mass is 35.5. The Hall–Kier alpha value is -3.36. The predicted molar refractivity (Wildman–Crippen MR) is 125 cm³/mol. The van der Waals surface area contributed by atoms with Gasteiger partial charge < -0.3 is 9.47 Å². The number of carbonyl (C=O) groups excluding carboxylic acids is 1. The molecule has 0 bridgehead atoms. The molecule has 9 heteroatoms. The summed E-state index contributed by atoms with van der Waals surface area (Å²) in [6.07, 6.45) is 1.28. The second-order valence-electron chi connectivity index (χ2n) is 7.22. The third-order valence-corrected chi connectivity index (χ3v) is 7.48. The summed E-state index contributed by atoms with van der Waals surface area (Å²) in [7, 11) is -1.27. The van der Waals surface area contributed by atoms with E-state index in [0.717, 1.165) is 12.1 Å². The van der Waals surface area contributed by atoms with Gasteiger partial charge in [0.2, 0.25) is 9.84 Å². The fraction of sp³-hybridized carbons (Fsp3) is 0.125. The van der Waals surface area contributed by atoms with Gasteiger partial charge in [0, 0.05) is 22.3 Å². The van der Waals surface area contributed by atoms with Crippen LogP contribution in [0.5, 0.6) is 11.5 Å². The zero-order valence-corrected chi connectivity index (χ0v) is 19.2. The summed E-state index contributed by atoms with van der Waals surface area (Å²) >= 11 is 5.98. The molecule has 1 heterocycles. The summed E-state index contributed by atoms with van der Waals surface area (Å²) < 4.78 is 51.4. The van der Waals surface area contributed by atoms with Crippen molar-refractivity contribution >= 4 is 39.1 Å². The maximum absolute atomic E-state index is 13.7. The van der Waals surface area contributed by atoms with Crippen molar-refractivity contribution in [2.45, 2.75) is 5.37 Å². The summed E-state index contributed by atoms with van der Waals surface area (Å²) in [5.41, 5.74) is 0.984. The average molecular weight is 488 g/mol. The Labute approximate surface area is 195 Å². The minimum absolute atomic E-state index is 0.254. The number of anilines is 1. The minimum atomic E-state index is -4.19. The van der Waals surface area contributed by atoms with E-state index < -0.39 is 31.8 Å². The van der Waals surface area contributed by atoms with E-state index >= 15 is 0 Å². The van der Waals surface area contributed by atoms with Gasteiger partial charge in [0.15, 0.2) is 5.37 Å². The van der Waals surface area contributed by atoms with E-state index in [2.05, 4.69) is 0 Å². The maximum Gasteiger partial charge on any atom is 0.271 e. The largest absolute Gasteiger partial charge is 0.497 e. The van der Waals surface area contributed by atoms with Crippen LogP contribution in [0.1, 0.15) is 16.5 Å². The number of hydrogen-bond donors (Lipinski definition) is 0. The number of halogens is 2. The van der Waals surface area contributed by atoms with E-state index in [1.807, 2.05) is 0 Å². The number of methoxy groups -OCH3 is 2. The van der Waals surface area contributed by atoms with Gasteiger partial charge in [-0.25, -0.2) is 12.8 Å². The van der Waals surface area contributed by atoms with Gasteiger partial charge in [-0.1, -0.05) is 23.7 Å². The van der Waals surface area contributed by atoms with Gasteiger partial charge in [-0.15, -0.1) is 0 Å². The van der Waals surface area contributed by atoms with Crippen molar-refractivity contribution < 1.29 is 27.1 Å². The molecule has 1 atom stereocenters. The monoisotopic (exact) mass is 487 g/mol. The van der Waals surface area contributed by atoms with Gasteiger partial charge in [-0.3, -0.25) is 9.69 Å². The highest BCUT2D eigenvalue weighted by Gasteiger charge is 2.50. The van der Waals surface area contributed by atoms with Crippen molar-refractivity contribution in [3.63, 3.8) is 0 Å². The Kier molecular flexibility index (Phi) is 6.14. The number of rotatable bonds is 5. The molecule has 3 aromatic rings. The molecule has 6 nitrogen and oxygen atoms in total. The number of nitrogens with zero attached hydrogens (tertiary/aromatic N) is 1. The van der Waals surface area contributed by atoms with E-state index in [-0.39, 0.29) is 5.56 Å². The molecule has 1 aliphatic heterocycles. The summed E-state index contributed by atoms with van der Waals surface area (Å²) in [5, 5.41) is -0.937. The number of amides is 1. The van der Waals surface area contributed by atoms with Crippen LogP contribution in [0.4, 0.5) is 10.1 Å². The first-order valence-electron chi connectivity index (χ1n) is 9.78. The lowest BCUT2D eigenvalue weighted by Gasteiger charge is -2.23. The van der Waals surface area contributed by atoms with Crippen molar-refractivity contribution in [2.75, 3.05) is 19.1 Å². The van der Waals surface area contributed by atoms with Crippen molar-refractivity contribution in [2.24, 2.45) is 0 Å². The molecule has 33 heavy (non-hydrogen) atoms. The molecule has 4 rings (SSSR count). The average Bonchev–Trinajstić information content (AvgIpc) is 3.00. The molecule has 0 spiro atoms. The lowest BCUT2D eigenvalue weighted by atomic mass is 10.1. The molecule has 1 unspecified atom stereocenters. The molecule has 3 aromatic carbocycles. The van der Waals surface area contributed by atoms with Crippen molar-refractivity contribution in [1.29, 1.82) is 0 Å². The van der Waals surface area contributed by atoms with E-state index in [1.54, 1.807) is 42.5 Å². The third-order valence-electron chi connectivity index (χ3n) is 5.25. The summed E-state index contributed by atoms with van der Waals surface area (Å²) in [4.78, 5) is 14.3. The van der Waals surface area contributed by atoms with Crippen LogP contribution in [0.15, 0.2) is 71.6 Å². The molecule has 0 N–H and O–H groups in total. The van der Waals surface area contributed by atoms with E-state index in [0.29, 0.717) is 27.8 Å². The molecule has 1 amide bonds. The first-order chi connectivity index (χ1) is 15.8. The van der Waals surface area contributed by atoms with E-state index in [9.17, 15) is 17.6 Å². The second kappa shape index (κ2) is 8.88. The van der Waals surface area contributed by atoms with Crippen LogP contribution in [0.2, 0.25) is 5.02 Å². The topological polar surface area (TPSA) is 72.9 Å². The number of benzene rings is 3. The lowest BCUT2D eigenvalue weighted by molar-refractivity contribution is -0.114. The number of hydrogen-bond acceptors (Lipinski definition) is 5. The number of carbonyl (C=O) groups is 1. The second-order valence-corrected chi connectivity index (χ2v) is 9.63. The normalized spacial score (nSPS) is 18.5. The van der Waals surface area contributed by atoms with Crippen molar-refractivity contribution in [3.8, 4) is 11.5 Å². The van der Waals surface area contributed by atoms with E-state index in [4.69, 9.17) is 21.1 Å². The Morgan fingerprint density at radius 2 is 1.64 bits per heavy atom. The van der Waals surface area contributed by atoms with Gasteiger partial charge >= 0.3 is 0 Å². The summed E-state index contributed by atoms with van der Waals surface area (Å²) in [6, 6.07) is 16.1. The standard InChI is InChI=1S/C24H19ClFNO5S/c1-31-20-12-5-16(21(14-20)32-2)13-22-23(28)27(19-10-6-17(25)7-11-19)24(33(22,29)30)15-3-8-18(26)9-4-15/h3-14,24H,1-2H3/b22-13+. The van der Waals surface area contributed by atoms with E-state index in [1.165, 1.54) is 37.3 Å². The SMILES string of the molecule is COc1ccc(/C=C2\C(=O)N(c3ccc(Cl)cc3)C(c3ccc(F)cc3)S2(=O)=O)c(OC)c1. The Balaban J connectivity index is 1.91. The zero-order valence-electron chi connectivity index (χ0n) is 17.7. The van der Waals surface area contributed by atoms with Gasteiger partial charge in [0.1, 0.15) is 22.2 Å². The smallest absolute Gasteiger partial charge is 0.271 e. The predicted octanol–water partition coefficient (Wildman–Crippen LogP) is 5.00. The summed E-state index contributed by atoms with van der Waals surface area (Å²) in [6.45, 7) is 0. The van der Waals surface area contributed by atoms with Crippen LogP contribution in [0.25, 0.3) is 6.08 Å². The van der Waals surface area contributed by atoms with Crippen LogP contribution >= 0.6 is 11.6 Å². The molecule has 0 aromatic heterocycles. The van der Waals surface area contributed by atoms with Crippen LogP contribution in [-0.4, -0.2) is 28.5 Å². The fourth-order valence-electron chi connectivity index (χ4n) is 3.64. The Bertz CT molecular complexity index is 1340. The molecule has 1 fully saturated rings. The van der Waals surface area contributed by atoms with Gasteiger partial charge in [-0.05, 0) is 60.2 Å². The van der Waals surface area contributed by atoms with Crippen LogP contribution in [0.3, 0.4) is 0 Å². The molecular formula is C24H19ClFNO5S. The van der Waals surface area contributed by atoms with Crippen LogP contribution < -0.4 is 14.4 Å². The molecule has 0 saturated carbocycles. The molecule has 1 saturated heterocycles. The molecule has 0 aliphatic carbocycles. The molecule has 0 radical (unpaired) electrons. The highest BCUT2D eigenvalue weighted by molar-refractivity contribution is 7.97. The molecule has 170 valence electrons. The van der Waals surface area contributed by atoms with Crippen molar-refractivity contribution in [1.82, 2.24) is 0 Å². The Morgan fingerprint density at radius 3 is 2.24 bits per heavy atom. The summed E-state index contributed by atoms with van der Waals surface area (Å²) in [5.74, 6) is -0.378.